The number of nitro benzene ring substituents is 1. The van der Waals surface area contributed by atoms with Crippen molar-refractivity contribution in [3.8, 4) is 0 Å². The van der Waals surface area contributed by atoms with Gasteiger partial charge in [-0.25, -0.2) is 0 Å². The second kappa shape index (κ2) is 6.30. The van der Waals surface area contributed by atoms with Crippen molar-refractivity contribution in [2.24, 2.45) is 0 Å². The molecule has 2 N–H and O–H groups in total. The summed E-state index contributed by atoms with van der Waals surface area (Å²) >= 11 is 0. The highest BCUT2D eigenvalue weighted by Gasteiger charge is 2.29. The molecule has 0 atom stereocenters. The molecular formula is C14H20N2O4. The highest BCUT2D eigenvalue weighted by atomic mass is 16.6. The zero-order valence-corrected chi connectivity index (χ0v) is 11.6. The van der Waals surface area contributed by atoms with Gasteiger partial charge in [0.25, 0.3) is 5.69 Å². The van der Waals surface area contributed by atoms with E-state index in [1.54, 1.807) is 13.0 Å². The van der Waals surface area contributed by atoms with Crippen molar-refractivity contribution in [2.45, 2.75) is 31.9 Å². The van der Waals surface area contributed by atoms with Crippen LogP contribution in [0, 0.1) is 17.0 Å². The first-order valence-corrected chi connectivity index (χ1v) is 6.76. The molecule has 1 heterocycles. The third-order valence-electron chi connectivity index (χ3n) is 3.81. The fraction of sp³-hybridized carbons (Fsp3) is 0.571. The molecule has 0 radical (unpaired) electrons. The van der Waals surface area contributed by atoms with Crippen LogP contribution in [0.15, 0.2) is 18.2 Å². The summed E-state index contributed by atoms with van der Waals surface area (Å²) in [7, 11) is 0. The third-order valence-corrected chi connectivity index (χ3v) is 3.81. The first-order valence-electron chi connectivity index (χ1n) is 6.76. The second-order valence-electron chi connectivity index (χ2n) is 5.26. The van der Waals surface area contributed by atoms with Crippen LogP contribution in [0.2, 0.25) is 0 Å². The van der Waals surface area contributed by atoms with Crippen LogP contribution in [0.1, 0.15) is 24.0 Å². The van der Waals surface area contributed by atoms with Gasteiger partial charge < -0.3 is 15.2 Å². The van der Waals surface area contributed by atoms with Crippen molar-refractivity contribution >= 4 is 5.69 Å². The van der Waals surface area contributed by atoms with Crippen LogP contribution in [-0.4, -0.2) is 35.4 Å². The third kappa shape index (κ3) is 3.53. The standard InChI is InChI=1S/C14H20N2O4/c1-11-12(3-2-4-13(11)16(18)19)9-15-10-14(17)5-7-20-8-6-14/h2-4,15,17H,5-10H2,1H3. The molecule has 110 valence electrons. The van der Waals surface area contributed by atoms with E-state index >= 15 is 0 Å². The molecule has 2 rings (SSSR count). The number of benzene rings is 1. The number of aliphatic hydroxyl groups is 1. The molecule has 1 fully saturated rings. The average Bonchev–Trinajstić information content (AvgIpc) is 2.41. The largest absolute Gasteiger partial charge is 0.388 e. The number of nitrogens with one attached hydrogen (secondary N) is 1. The first kappa shape index (κ1) is 14.9. The summed E-state index contributed by atoms with van der Waals surface area (Å²) in [4.78, 5) is 10.5. The predicted molar refractivity (Wildman–Crippen MR) is 74.5 cm³/mol. The van der Waals surface area contributed by atoms with Crippen molar-refractivity contribution in [2.75, 3.05) is 19.8 Å². The summed E-state index contributed by atoms with van der Waals surface area (Å²) in [6, 6.07) is 5.06. The number of rotatable bonds is 5. The fourth-order valence-corrected chi connectivity index (χ4v) is 2.42. The minimum absolute atomic E-state index is 0.133. The summed E-state index contributed by atoms with van der Waals surface area (Å²) in [5.74, 6) is 0. The zero-order valence-electron chi connectivity index (χ0n) is 11.6. The minimum atomic E-state index is -0.729. The van der Waals surface area contributed by atoms with Crippen LogP contribution in [0.5, 0.6) is 0 Å². The van der Waals surface area contributed by atoms with E-state index in [0.717, 1.165) is 5.56 Å². The lowest BCUT2D eigenvalue weighted by molar-refractivity contribution is -0.385. The topological polar surface area (TPSA) is 84.6 Å². The quantitative estimate of drug-likeness (QED) is 0.631. The van der Waals surface area contributed by atoms with Gasteiger partial charge in [0.05, 0.1) is 10.5 Å². The van der Waals surface area contributed by atoms with Crippen LogP contribution < -0.4 is 5.32 Å². The minimum Gasteiger partial charge on any atom is -0.388 e. The van der Waals surface area contributed by atoms with Crippen molar-refractivity contribution in [3.05, 3.63) is 39.4 Å². The van der Waals surface area contributed by atoms with Crippen LogP contribution >= 0.6 is 0 Å². The Morgan fingerprint density at radius 1 is 1.45 bits per heavy atom. The lowest BCUT2D eigenvalue weighted by Gasteiger charge is -2.32. The van der Waals surface area contributed by atoms with Gasteiger partial charge in [0.15, 0.2) is 0 Å². The molecule has 1 saturated heterocycles. The maximum atomic E-state index is 10.9. The molecule has 0 unspecified atom stereocenters. The van der Waals surface area contributed by atoms with E-state index in [9.17, 15) is 15.2 Å². The normalized spacial score (nSPS) is 17.9. The number of hydrogen-bond donors (Lipinski definition) is 2. The number of nitro groups is 1. The molecule has 20 heavy (non-hydrogen) atoms. The molecule has 0 bridgehead atoms. The molecule has 0 aromatic heterocycles. The summed E-state index contributed by atoms with van der Waals surface area (Å²) in [5, 5.41) is 24.4. The van der Waals surface area contributed by atoms with E-state index in [1.165, 1.54) is 6.07 Å². The fourth-order valence-electron chi connectivity index (χ4n) is 2.42. The summed E-state index contributed by atoms with van der Waals surface area (Å²) in [6.45, 7) is 3.88. The average molecular weight is 280 g/mol. The van der Waals surface area contributed by atoms with E-state index in [1.807, 2.05) is 6.07 Å². The van der Waals surface area contributed by atoms with Gasteiger partial charge in [0, 0.05) is 50.8 Å². The summed E-state index contributed by atoms with van der Waals surface area (Å²) in [6.07, 6.45) is 1.24. The Hall–Kier alpha value is -1.50. The zero-order chi connectivity index (χ0) is 14.6. The molecule has 1 aromatic carbocycles. The number of nitrogens with zero attached hydrogens (tertiary/aromatic N) is 1. The SMILES string of the molecule is Cc1c(CNCC2(O)CCOCC2)cccc1[N+](=O)[O-]. The van der Waals surface area contributed by atoms with Crippen molar-refractivity contribution in [1.29, 1.82) is 0 Å². The van der Waals surface area contributed by atoms with E-state index in [0.29, 0.717) is 44.7 Å². The molecule has 0 amide bonds. The van der Waals surface area contributed by atoms with Gasteiger partial charge in [0.2, 0.25) is 0 Å². The van der Waals surface area contributed by atoms with Crippen molar-refractivity contribution in [3.63, 3.8) is 0 Å². The van der Waals surface area contributed by atoms with Gasteiger partial charge >= 0.3 is 0 Å². The highest BCUT2D eigenvalue weighted by Crippen LogP contribution is 2.22. The molecule has 6 nitrogen and oxygen atoms in total. The van der Waals surface area contributed by atoms with E-state index in [2.05, 4.69) is 5.32 Å². The Balaban J connectivity index is 1.94. The van der Waals surface area contributed by atoms with Gasteiger partial charge in [-0.05, 0) is 12.5 Å². The maximum Gasteiger partial charge on any atom is 0.272 e. The monoisotopic (exact) mass is 280 g/mol. The van der Waals surface area contributed by atoms with Gasteiger partial charge in [-0.1, -0.05) is 12.1 Å². The van der Waals surface area contributed by atoms with E-state index < -0.39 is 5.60 Å². The Morgan fingerprint density at radius 3 is 2.80 bits per heavy atom. The van der Waals surface area contributed by atoms with Gasteiger partial charge in [-0.3, -0.25) is 10.1 Å². The van der Waals surface area contributed by atoms with Crippen molar-refractivity contribution in [1.82, 2.24) is 5.32 Å². The molecular weight excluding hydrogens is 260 g/mol. The van der Waals surface area contributed by atoms with Gasteiger partial charge in [-0.15, -0.1) is 0 Å². The Bertz CT molecular complexity index is 484. The van der Waals surface area contributed by atoms with Crippen LogP contribution in [-0.2, 0) is 11.3 Å². The van der Waals surface area contributed by atoms with E-state index in [4.69, 9.17) is 4.74 Å². The molecule has 1 aromatic rings. The second-order valence-corrected chi connectivity index (χ2v) is 5.26. The first-order chi connectivity index (χ1) is 9.52. The van der Waals surface area contributed by atoms with Gasteiger partial charge in [0.1, 0.15) is 0 Å². The predicted octanol–water partition coefficient (Wildman–Crippen LogP) is 1.53. The smallest absolute Gasteiger partial charge is 0.272 e. The highest BCUT2D eigenvalue weighted by molar-refractivity contribution is 5.44. The summed E-state index contributed by atoms with van der Waals surface area (Å²) in [5.41, 5.74) is 0.959. The van der Waals surface area contributed by atoms with Crippen LogP contribution in [0.3, 0.4) is 0 Å². The summed E-state index contributed by atoms with van der Waals surface area (Å²) < 4.78 is 5.23. The Kier molecular flexibility index (Phi) is 4.69. The Labute approximate surface area is 117 Å². The molecule has 1 aliphatic rings. The van der Waals surface area contributed by atoms with Gasteiger partial charge in [-0.2, -0.15) is 0 Å². The van der Waals surface area contributed by atoms with Crippen LogP contribution in [0.4, 0.5) is 5.69 Å². The number of ether oxygens (including phenoxy) is 1. The van der Waals surface area contributed by atoms with Crippen molar-refractivity contribution < 1.29 is 14.8 Å². The maximum absolute atomic E-state index is 10.9. The van der Waals surface area contributed by atoms with E-state index in [-0.39, 0.29) is 10.6 Å². The lowest BCUT2D eigenvalue weighted by Crippen LogP contribution is -2.44. The molecule has 0 aliphatic carbocycles. The number of hydrogen-bond acceptors (Lipinski definition) is 5. The molecule has 0 saturated carbocycles. The lowest BCUT2D eigenvalue weighted by atomic mass is 9.94. The Morgan fingerprint density at radius 2 is 2.15 bits per heavy atom. The van der Waals surface area contributed by atoms with Crippen LogP contribution in [0.25, 0.3) is 0 Å². The molecule has 6 heteroatoms. The molecule has 0 spiro atoms. The molecule has 1 aliphatic heterocycles.